The summed E-state index contributed by atoms with van der Waals surface area (Å²) in [5.74, 6) is 0. The van der Waals surface area contributed by atoms with Crippen molar-refractivity contribution in [1.29, 1.82) is 0 Å². The summed E-state index contributed by atoms with van der Waals surface area (Å²) in [4.78, 5) is 0.306. The Kier molecular flexibility index (Phi) is 3.85. The third kappa shape index (κ3) is 2.88. The standard InChI is InChI=1S/C14H23N3O3S/c1-20-14(5-2-6-14)10-16-21(18,19)13-7-12(8-15)17(9-13)11-3-4-11/h7,9,11,16H,2-6,8,10,15H2,1H3. The molecule has 3 rings (SSSR count). The summed E-state index contributed by atoms with van der Waals surface area (Å²) >= 11 is 0. The first-order chi connectivity index (χ1) is 10.00. The molecule has 2 fully saturated rings. The Labute approximate surface area is 125 Å². The van der Waals surface area contributed by atoms with Gasteiger partial charge in [0.25, 0.3) is 0 Å². The molecule has 0 spiro atoms. The molecule has 6 nitrogen and oxygen atoms in total. The molecule has 0 aromatic carbocycles. The van der Waals surface area contributed by atoms with Crippen LogP contribution in [-0.4, -0.2) is 32.2 Å². The van der Waals surface area contributed by atoms with E-state index in [4.69, 9.17) is 10.5 Å². The van der Waals surface area contributed by atoms with Gasteiger partial charge in [-0.15, -0.1) is 0 Å². The second kappa shape index (κ2) is 5.39. The van der Waals surface area contributed by atoms with E-state index in [-0.39, 0.29) is 5.60 Å². The molecular weight excluding hydrogens is 290 g/mol. The predicted octanol–water partition coefficient (Wildman–Crippen LogP) is 1.13. The number of hydrogen-bond donors (Lipinski definition) is 2. The normalized spacial score (nSPS) is 21.2. The summed E-state index contributed by atoms with van der Waals surface area (Å²) in [5.41, 5.74) is 6.27. The van der Waals surface area contributed by atoms with Gasteiger partial charge >= 0.3 is 0 Å². The van der Waals surface area contributed by atoms with Crippen molar-refractivity contribution in [1.82, 2.24) is 9.29 Å². The predicted molar refractivity (Wildman–Crippen MR) is 79.4 cm³/mol. The maximum absolute atomic E-state index is 12.4. The molecule has 2 saturated carbocycles. The molecule has 0 saturated heterocycles. The topological polar surface area (TPSA) is 86.3 Å². The van der Waals surface area contributed by atoms with Gasteiger partial charge in [0.2, 0.25) is 10.0 Å². The number of nitrogens with one attached hydrogen (secondary N) is 1. The molecule has 1 aromatic rings. The number of hydrogen-bond acceptors (Lipinski definition) is 4. The Bertz CT molecular complexity index is 610. The number of methoxy groups -OCH3 is 1. The molecule has 0 amide bonds. The first-order valence-corrected chi connectivity index (χ1v) is 8.94. The minimum Gasteiger partial charge on any atom is -0.377 e. The highest BCUT2D eigenvalue weighted by atomic mass is 32.2. The second-order valence-electron chi connectivity index (χ2n) is 6.07. The van der Waals surface area contributed by atoms with Gasteiger partial charge < -0.3 is 15.0 Å². The fraction of sp³-hybridized carbons (Fsp3) is 0.714. The summed E-state index contributed by atoms with van der Waals surface area (Å²) in [7, 11) is -1.86. The lowest BCUT2D eigenvalue weighted by molar-refractivity contribution is -0.0659. The summed E-state index contributed by atoms with van der Waals surface area (Å²) in [6.45, 7) is 0.687. The Morgan fingerprint density at radius 1 is 1.48 bits per heavy atom. The van der Waals surface area contributed by atoms with Crippen LogP contribution in [-0.2, 0) is 21.3 Å². The van der Waals surface area contributed by atoms with E-state index in [0.29, 0.717) is 24.0 Å². The van der Waals surface area contributed by atoms with Gasteiger partial charge in [0, 0.05) is 38.1 Å². The van der Waals surface area contributed by atoms with E-state index in [1.165, 1.54) is 0 Å². The van der Waals surface area contributed by atoms with Crippen molar-refractivity contribution in [2.75, 3.05) is 13.7 Å². The van der Waals surface area contributed by atoms with Crippen molar-refractivity contribution < 1.29 is 13.2 Å². The lowest BCUT2D eigenvalue weighted by Gasteiger charge is -2.40. The maximum Gasteiger partial charge on any atom is 0.242 e. The summed E-state index contributed by atoms with van der Waals surface area (Å²) in [6.07, 6.45) is 6.81. The highest BCUT2D eigenvalue weighted by Gasteiger charge is 2.38. The van der Waals surface area contributed by atoms with E-state index in [2.05, 4.69) is 4.72 Å². The highest BCUT2D eigenvalue weighted by Crippen LogP contribution is 2.37. The minimum atomic E-state index is -3.50. The highest BCUT2D eigenvalue weighted by molar-refractivity contribution is 7.89. The van der Waals surface area contributed by atoms with Gasteiger partial charge in [0.1, 0.15) is 0 Å². The Morgan fingerprint density at radius 2 is 2.19 bits per heavy atom. The Hall–Kier alpha value is -0.890. The van der Waals surface area contributed by atoms with E-state index in [1.54, 1.807) is 19.4 Å². The van der Waals surface area contributed by atoms with Crippen LogP contribution >= 0.6 is 0 Å². The van der Waals surface area contributed by atoms with Crippen LogP contribution in [0.4, 0.5) is 0 Å². The Balaban J connectivity index is 1.75. The van der Waals surface area contributed by atoms with Crippen molar-refractivity contribution in [2.24, 2.45) is 5.73 Å². The summed E-state index contributed by atoms with van der Waals surface area (Å²) in [5, 5.41) is 0. The number of nitrogens with two attached hydrogens (primary N) is 1. The van der Waals surface area contributed by atoms with E-state index in [0.717, 1.165) is 37.8 Å². The molecule has 0 radical (unpaired) electrons. The zero-order chi connectivity index (χ0) is 15.1. The SMILES string of the molecule is COC1(CNS(=O)(=O)c2cc(CN)n(C3CC3)c2)CCC1. The van der Waals surface area contributed by atoms with E-state index in [1.807, 2.05) is 4.57 Å². The van der Waals surface area contributed by atoms with Crippen LogP contribution in [0.3, 0.4) is 0 Å². The molecule has 118 valence electrons. The molecular formula is C14H23N3O3S. The van der Waals surface area contributed by atoms with Crippen LogP contribution in [0.25, 0.3) is 0 Å². The van der Waals surface area contributed by atoms with Gasteiger partial charge in [-0.2, -0.15) is 0 Å². The quantitative estimate of drug-likeness (QED) is 0.790. The number of aromatic nitrogens is 1. The van der Waals surface area contributed by atoms with Crippen LogP contribution < -0.4 is 10.5 Å². The molecule has 0 atom stereocenters. The van der Waals surface area contributed by atoms with Crippen LogP contribution in [0, 0.1) is 0 Å². The van der Waals surface area contributed by atoms with Crippen LogP contribution in [0.1, 0.15) is 43.8 Å². The monoisotopic (exact) mass is 313 g/mol. The number of rotatable bonds is 7. The third-order valence-corrected chi connectivity index (χ3v) is 6.02. The molecule has 7 heteroatoms. The zero-order valence-corrected chi connectivity index (χ0v) is 13.2. The Morgan fingerprint density at radius 3 is 2.67 bits per heavy atom. The van der Waals surface area contributed by atoms with Gasteiger partial charge in [0.05, 0.1) is 10.5 Å². The molecule has 1 aromatic heterocycles. The van der Waals surface area contributed by atoms with Gasteiger partial charge in [0.15, 0.2) is 0 Å². The molecule has 0 bridgehead atoms. The summed E-state index contributed by atoms with van der Waals surface area (Å²) in [6, 6.07) is 2.10. The van der Waals surface area contributed by atoms with Gasteiger partial charge in [-0.25, -0.2) is 13.1 Å². The molecule has 1 heterocycles. The van der Waals surface area contributed by atoms with Crippen molar-refractivity contribution in [3.63, 3.8) is 0 Å². The molecule has 2 aliphatic rings. The van der Waals surface area contributed by atoms with Crippen molar-refractivity contribution in [3.8, 4) is 0 Å². The van der Waals surface area contributed by atoms with Crippen LogP contribution in [0.5, 0.6) is 0 Å². The maximum atomic E-state index is 12.4. The first kappa shape index (κ1) is 15.0. The van der Waals surface area contributed by atoms with Crippen LogP contribution in [0.15, 0.2) is 17.2 Å². The second-order valence-corrected chi connectivity index (χ2v) is 7.84. The summed E-state index contributed by atoms with van der Waals surface area (Å²) < 4.78 is 35.0. The van der Waals surface area contributed by atoms with Crippen molar-refractivity contribution >= 4 is 10.0 Å². The molecule has 2 aliphatic carbocycles. The minimum absolute atomic E-state index is 0.306. The van der Waals surface area contributed by atoms with E-state index < -0.39 is 10.0 Å². The first-order valence-electron chi connectivity index (χ1n) is 7.45. The molecule has 3 N–H and O–H groups in total. The largest absolute Gasteiger partial charge is 0.377 e. The van der Waals surface area contributed by atoms with E-state index >= 15 is 0 Å². The number of nitrogens with zero attached hydrogens (tertiary/aromatic N) is 1. The van der Waals surface area contributed by atoms with Gasteiger partial charge in [-0.05, 0) is 38.2 Å². The number of sulfonamides is 1. The average Bonchev–Trinajstić information content (AvgIpc) is 3.16. The molecule has 0 aliphatic heterocycles. The van der Waals surface area contributed by atoms with Gasteiger partial charge in [-0.1, -0.05) is 0 Å². The lowest BCUT2D eigenvalue weighted by atomic mass is 9.80. The fourth-order valence-electron chi connectivity index (χ4n) is 2.83. The number of ether oxygens (including phenoxy) is 1. The molecule has 21 heavy (non-hydrogen) atoms. The van der Waals surface area contributed by atoms with Crippen LogP contribution in [0.2, 0.25) is 0 Å². The van der Waals surface area contributed by atoms with Gasteiger partial charge in [-0.3, -0.25) is 0 Å². The zero-order valence-electron chi connectivity index (χ0n) is 12.3. The van der Waals surface area contributed by atoms with Crippen molar-refractivity contribution in [2.45, 2.75) is 55.2 Å². The van der Waals surface area contributed by atoms with Crippen molar-refractivity contribution in [3.05, 3.63) is 18.0 Å². The smallest absolute Gasteiger partial charge is 0.242 e. The van der Waals surface area contributed by atoms with E-state index in [9.17, 15) is 8.42 Å². The average molecular weight is 313 g/mol. The fourth-order valence-corrected chi connectivity index (χ4v) is 4.00. The molecule has 0 unspecified atom stereocenters. The third-order valence-electron chi connectivity index (χ3n) is 4.65. The lowest BCUT2D eigenvalue weighted by Crippen LogP contribution is -2.49.